The van der Waals surface area contributed by atoms with Gasteiger partial charge in [0.25, 0.3) is 0 Å². The first-order valence-corrected chi connectivity index (χ1v) is 7.23. The summed E-state index contributed by atoms with van der Waals surface area (Å²) in [5.41, 5.74) is 0. The van der Waals surface area contributed by atoms with Crippen molar-refractivity contribution >= 4 is 27.6 Å². The number of carbonyl (C=O) groups is 1. The number of benzene rings is 1. The Kier molecular flexibility index (Phi) is 3.61. The zero-order valence-corrected chi connectivity index (χ0v) is 10.9. The number of sulfonamides is 1. The molecule has 98 valence electrons. The van der Waals surface area contributed by atoms with E-state index < -0.39 is 22.0 Å². The van der Waals surface area contributed by atoms with Gasteiger partial charge in [-0.05, 0) is 25.0 Å². The summed E-state index contributed by atoms with van der Waals surface area (Å²) in [6.07, 6.45) is 0.772. The Morgan fingerprint density at radius 3 is 2.67 bits per heavy atom. The number of hydrogen-bond acceptors (Lipinski definition) is 4. The second kappa shape index (κ2) is 4.87. The van der Waals surface area contributed by atoms with Crippen LogP contribution in [-0.2, 0) is 14.8 Å². The van der Waals surface area contributed by atoms with Crippen molar-refractivity contribution in [1.82, 2.24) is 4.31 Å². The first-order valence-electron chi connectivity index (χ1n) is 5.42. The number of carbonyl (C=O) groups excluding carboxylic acids is 1. The largest absolute Gasteiger partial charge is 0.548 e. The minimum atomic E-state index is -3.88. The predicted molar refractivity (Wildman–Crippen MR) is 63.4 cm³/mol. The molecule has 7 heteroatoms. The highest BCUT2D eigenvalue weighted by molar-refractivity contribution is 7.89. The summed E-state index contributed by atoms with van der Waals surface area (Å²) in [5, 5.41) is 11.0. The number of hydrogen-bond donors (Lipinski definition) is 0. The SMILES string of the molecule is O=C([O-])[C@H]1CCCN1S(=O)(=O)c1ccccc1Cl. The van der Waals surface area contributed by atoms with Crippen LogP contribution in [0.1, 0.15) is 12.8 Å². The maximum absolute atomic E-state index is 12.3. The molecule has 0 saturated carbocycles. The molecule has 1 aromatic rings. The van der Waals surface area contributed by atoms with E-state index in [1.807, 2.05) is 0 Å². The summed E-state index contributed by atoms with van der Waals surface area (Å²) in [6, 6.07) is 4.87. The molecule has 1 fully saturated rings. The molecule has 1 saturated heterocycles. The van der Waals surface area contributed by atoms with Crippen molar-refractivity contribution in [3.63, 3.8) is 0 Å². The Labute approximate surface area is 110 Å². The van der Waals surface area contributed by atoms with Crippen molar-refractivity contribution in [3.8, 4) is 0 Å². The lowest BCUT2D eigenvalue weighted by Gasteiger charge is -2.24. The van der Waals surface area contributed by atoms with Gasteiger partial charge in [0, 0.05) is 6.54 Å². The van der Waals surface area contributed by atoms with Gasteiger partial charge in [0.05, 0.1) is 17.0 Å². The molecule has 1 atom stereocenters. The minimum absolute atomic E-state index is 0.0696. The van der Waals surface area contributed by atoms with Gasteiger partial charge in [0.15, 0.2) is 0 Å². The highest BCUT2D eigenvalue weighted by atomic mass is 35.5. The average Bonchev–Trinajstić information content (AvgIpc) is 2.78. The normalized spacial score (nSPS) is 21.1. The Hall–Kier alpha value is -1.11. The molecule has 0 amide bonds. The fourth-order valence-corrected chi connectivity index (χ4v) is 4.19. The van der Waals surface area contributed by atoms with Gasteiger partial charge in [-0.25, -0.2) is 8.42 Å². The van der Waals surface area contributed by atoms with E-state index in [0.29, 0.717) is 6.42 Å². The molecule has 0 aromatic heterocycles. The lowest BCUT2D eigenvalue weighted by Crippen LogP contribution is -2.46. The minimum Gasteiger partial charge on any atom is -0.548 e. The third kappa shape index (κ3) is 2.23. The van der Waals surface area contributed by atoms with E-state index in [9.17, 15) is 18.3 Å². The molecule has 1 aliphatic heterocycles. The number of carboxylic acid groups (broad SMARTS) is 1. The Bertz CT molecular complexity index is 572. The number of carboxylic acids is 1. The number of nitrogens with zero attached hydrogens (tertiary/aromatic N) is 1. The summed E-state index contributed by atoms with van der Waals surface area (Å²) >= 11 is 5.85. The van der Waals surface area contributed by atoms with Crippen LogP contribution in [0.3, 0.4) is 0 Å². The fraction of sp³-hybridized carbons (Fsp3) is 0.364. The van der Waals surface area contributed by atoms with Crippen LogP contribution in [0, 0.1) is 0 Å². The van der Waals surface area contributed by atoms with Crippen molar-refractivity contribution in [1.29, 1.82) is 0 Å². The number of halogens is 1. The molecule has 18 heavy (non-hydrogen) atoms. The molecule has 5 nitrogen and oxygen atoms in total. The first kappa shape index (κ1) is 13.3. The number of aliphatic carboxylic acids is 1. The van der Waals surface area contributed by atoms with Crippen molar-refractivity contribution in [2.75, 3.05) is 6.54 Å². The Morgan fingerprint density at radius 1 is 1.39 bits per heavy atom. The van der Waals surface area contributed by atoms with Crippen LogP contribution in [0.2, 0.25) is 5.02 Å². The van der Waals surface area contributed by atoms with Crippen LogP contribution in [0.4, 0.5) is 0 Å². The van der Waals surface area contributed by atoms with E-state index in [1.165, 1.54) is 12.1 Å². The highest BCUT2D eigenvalue weighted by Crippen LogP contribution is 2.29. The molecular weight excluding hydrogens is 278 g/mol. The molecule has 0 unspecified atom stereocenters. The van der Waals surface area contributed by atoms with Crippen LogP contribution in [0.15, 0.2) is 29.2 Å². The zero-order valence-electron chi connectivity index (χ0n) is 9.37. The average molecular weight is 289 g/mol. The summed E-state index contributed by atoms with van der Waals surface area (Å²) in [6.45, 7) is 0.173. The molecule has 0 N–H and O–H groups in total. The van der Waals surface area contributed by atoms with Crippen molar-refractivity contribution in [2.24, 2.45) is 0 Å². The quantitative estimate of drug-likeness (QED) is 0.798. The highest BCUT2D eigenvalue weighted by Gasteiger charge is 2.36. The Morgan fingerprint density at radius 2 is 2.06 bits per heavy atom. The van der Waals surface area contributed by atoms with E-state index in [-0.39, 0.29) is 22.9 Å². The smallest absolute Gasteiger partial charge is 0.245 e. The standard InChI is InChI=1S/C11H12ClNO4S/c12-8-4-1-2-6-10(8)18(16,17)13-7-3-5-9(13)11(14)15/h1-2,4,6,9H,3,5,7H2,(H,14,15)/p-1/t9-/m1/s1. The molecule has 0 spiro atoms. The van der Waals surface area contributed by atoms with Crippen LogP contribution in [0.25, 0.3) is 0 Å². The van der Waals surface area contributed by atoms with E-state index in [1.54, 1.807) is 12.1 Å². The van der Waals surface area contributed by atoms with Crippen molar-refractivity contribution in [3.05, 3.63) is 29.3 Å². The monoisotopic (exact) mass is 288 g/mol. The van der Waals surface area contributed by atoms with Gasteiger partial charge in [-0.3, -0.25) is 0 Å². The van der Waals surface area contributed by atoms with Crippen LogP contribution >= 0.6 is 11.6 Å². The Balaban J connectivity index is 2.43. The van der Waals surface area contributed by atoms with E-state index in [4.69, 9.17) is 11.6 Å². The summed E-state index contributed by atoms with van der Waals surface area (Å²) in [4.78, 5) is 10.9. The van der Waals surface area contributed by atoms with Gasteiger partial charge in [-0.2, -0.15) is 4.31 Å². The van der Waals surface area contributed by atoms with Crippen LogP contribution < -0.4 is 5.11 Å². The van der Waals surface area contributed by atoms with Crippen molar-refractivity contribution < 1.29 is 18.3 Å². The molecule has 0 aliphatic carbocycles. The van der Waals surface area contributed by atoms with Crippen LogP contribution in [0.5, 0.6) is 0 Å². The number of rotatable bonds is 3. The van der Waals surface area contributed by atoms with E-state index in [0.717, 1.165) is 4.31 Å². The van der Waals surface area contributed by atoms with E-state index >= 15 is 0 Å². The molecule has 2 rings (SSSR count). The lowest BCUT2D eigenvalue weighted by molar-refractivity contribution is -0.309. The van der Waals surface area contributed by atoms with Gasteiger partial charge in [-0.15, -0.1) is 0 Å². The van der Waals surface area contributed by atoms with Gasteiger partial charge in [0.2, 0.25) is 10.0 Å². The van der Waals surface area contributed by atoms with Gasteiger partial charge < -0.3 is 9.90 Å². The second-order valence-corrected chi connectivity index (χ2v) is 6.29. The van der Waals surface area contributed by atoms with Gasteiger partial charge in [0.1, 0.15) is 4.90 Å². The fourth-order valence-electron chi connectivity index (χ4n) is 2.04. The van der Waals surface area contributed by atoms with Gasteiger partial charge in [-0.1, -0.05) is 23.7 Å². The topological polar surface area (TPSA) is 77.5 Å². The van der Waals surface area contributed by atoms with Gasteiger partial charge >= 0.3 is 0 Å². The first-order chi connectivity index (χ1) is 8.44. The van der Waals surface area contributed by atoms with E-state index in [2.05, 4.69) is 0 Å². The summed E-state index contributed by atoms with van der Waals surface area (Å²) in [5.74, 6) is -1.37. The lowest BCUT2D eigenvalue weighted by atomic mass is 10.2. The molecule has 1 heterocycles. The zero-order chi connectivity index (χ0) is 13.3. The predicted octanol–water partition coefficient (Wildman–Crippen LogP) is 0.243. The molecule has 0 radical (unpaired) electrons. The third-order valence-electron chi connectivity index (χ3n) is 2.90. The third-order valence-corrected chi connectivity index (χ3v) is 5.31. The summed E-state index contributed by atoms with van der Waals surface area (Å²) in [7, 11) is -3.88. The molecule has 1 aliphatic rings. The van der Waals surface area contributed by atoms with Crippen LogP contribution in [-0.4, -0.2) is 31.3 Å². The molecular formula is C11H11ClNO4S-. The maximum atomic E-state index is 12.3. The van der Waals surface area contributed by atoms with Crippen molar-refractivity contribution in [2.45, 2.75) is 23.8 Å². The molecule has 1 aromatic carbocycles. The second-order valence-electron chi connectivity index (χ2n) is 4.02. The summed E-state index contributed by atoms with van der Waals surface area (Å²) < 4.78 is 25.6. The maximum Gasteiger partial charge on any atom is 0.245 e. The molecule has 0 bridgehead atoms.